The number of nitrogens with zero attached hydrogens (tertiary/aromatic N) is 2. The van der Waals surface area contributed by atoms with Crippen LogP contribution in [-0.2, 0) is 6.42 Å². The van der Waals surface area contributed by atoms with Crippen molar-refractivity contribution >= 4 is 11.9 Å². The molecule has 0 unspecified atom stereocenters. The fraction of sp³-hybridized carbons (Fsp3) is 0.111. The summed E-state index contributed by atoms with van der Waals surface area (Å²) < 4.78 is 14.2. The average molecular weight is 352 g/mol. The van der Waals surface area contributed by atoms with Gasteiger partial charge in [0.2, 0.25) is 0 Å². The zero-order valence-electron chi connectivity index (χ0n) is 13.4. The number of fused-ring (bicyclic) bond motifs is 1. The topological polar surface area (TPSA) is 108 Å². The fourth-order valence-corrected chi connectivity index (χ4v) is 2.90. The first kappa shape index (κ1) is 15.9. The lowest BCUT2D eigenvalue weighted by Crippen LogP contribution is -2.31. The number of nitrogens with one attached hydrogen (secondary N) is 2. The Hall–Kier alpha value is -3.55. The molecule has 3 heterocycles. The summed E-state index contributed by atoms with van der Waals surface area (Å²) in [6, 6.07) is 6.79. The summed E-state index contributed by atoms with van der Waals surface area (Å²) in [4.78, 5) is 34.6. The molecule has 0 radical (unpaired) electrons. The minimum Gasteiger partial charge on any atom is -0.478 e. The molecule has 130 valence electrons. The van der Waals surface area contributed by atoms with Gasteiger partial charge in [-0.3, -0.25) is 4.79 Å². The third-order valence-electron chi connectivity index (χ3n) is 4.19. The van der Waals surface area contributed by atoms with E-state index in [9.17, 15) is 14.0 Å². The van der Waals surface area contributed by atoms with Gasteiger partial charge in [-0.05, 0) is 30.3 Å². The molecule has 1 aliphatic rings. The van der Waals surface area contributed by atoms with Crippen molar-refractivity contribution in [3.05, 3.63) is 59.2 Å². The quantitative estimate of drug-likeness (QED) is 0.670. The van der Waals surface area contributed by atoms with Gasteiger partial charge in [-0.25, -0.2) is 19.2 Å². The van der Waals surface area contributed by atoms with Crippen molar-refractivity contribution in [2.75, 3.05) is 6.54 Å². The van der Waals surface area contributed by atoms with Crippen molar-refractivity contribution in [3.8, 4) is 22.8 Å². The molecular weight excluding hydrogens is 339 g/mol. The molecule has 0 aliphatic carbocycles. The maximum atomic E-state index is 14.2. The van der Waals surface area contributed by atoms with Crippen LogP contribution in [0.2, 0.25) is 0 Å². The van der Waals surface area contributed by atoms with Crippen LogP contribution in [0.15, 0.2) is 36.5 Å². The number of carboxylic acids is 1. The van der Waals surface area contributed by atoms with Gasteiger partial charge in [0.05, 0.1) is 28.1 Å². The molecule has 0 atom stereocenters. The number of benzene rings is 1. The van der Waals surface area contributed by atoms with Crippen LogP contribution < -0.4 is 5.32 Å². The van der Waals surface area contributed by atoms with Gasteiger partial charge in [0.15, 0.2) is 5.82 Å². The fourth-order valence-electron chi connectivity index (χ4n) is 2.90. The van der Waals surface area contributed by atoms with E-state index in [1.54, 1.807) is 12.1 Å². The normalized spacial score (nSPS) is 13.2. The Morgan fingerprint density at radius 2 is 2.04 bits per heavy atom. The average Bonchev–Trinajstić information content (AvgIpc) is 3.08. The number of carbonyl (C=O) groups is 2. The van der Waals surface area contributed by atoms with Crippen LogP contribution >= 0.6 is 0 Å². The predicted octanol–water partition coefficient (Wildman–Crippen LogP) is 2.26. The van der Waals surface area contributed by atoms with Gasteiger partial charge in [0, 0.05) is 24.9 Å². The van der Waals surface area contributed by atoms with Crippen molar-refractivity contribution in [2.24, 2.45) is 0 Å². The molecule has 0 spiro atoms. The van der Waals surface area contributed by atoms with E-state index >= 15 is 0 Å². The van der Waals surface area contributed by atoms with Crippen LogP contribution in [0.4, 0.5) is 4.39 Å². The smallest absolute Gasteiger partial charge is 0.335 e. The number of rotatable bonds is 3. The predicted molar refractivity (Wildman–Crippen MR) is 90.2 cm³/mol. The van der Waals surface area contributed by atoms with Crippen LogP contribution in [0.25, 0.3) is 22.8 Å². The molecule has 1 aliphatic heterocycles. The Morgan fingerprint density at radius 3 is 2.81 bits per heavy atom. The lowest BCUT2D eigenvalue weighted by molar-refractivity contribution is 0.0696. The first-order valence-electron chi connectivity index (χ1n) is 7.89. The molecule has 0 saturated carbocycles. The highest BCUT2D eigenvalue weighted by atomic mass is 19.1. The Labute approximate surface area is 146 Å². The van der Waals surface area contributed by atoms with Crippen molar-refractivity contribution in [3.63, 3.8) is 0 Å². The maximum absolute atomic E-state index is 14.2. The monoisotopic (exact) mass is 352 g/mol. The van der Waals surface area contributed by atoms with Gasteiger partial charge in [0.1, 0.15) is 5.82 Å². The van der Waals surface area contributed by atoms with Gasteiger partial charge in [-0.2, -0.15) is 0 Å². The highest BCUT2D eigenvalue weighted by Gasteiger charge is 2.21. The number of aromatic carboxylic acids is 1. The zero-order valence-corrected chi connectivity index (χ0v) is 13.4. The van der Waals surface area contributed by atoms with Crippen molar-refractivity contribution in [2.45, 2.75) is 6.42 Å². The molecule has 26 heavy (non-hydrogen) atoms. The molecular formula is C18H13FN4O3. The van der Waals surface area contributed by atoms with Crippen LogP contribution in [0.1, 0.15) is 26.4 Å². The van der Waals surface area contributed by atoms with Crippen molar-refractivity contribution < 1.29 is 19.1 Å². The van der Waals surface area contributed by atoms with Crippen LogP contribution in [-0.4, -0.2) is 38.5 Å². The van der Waals surface area contributed by atoms with Crippen LogP contribution in [0.3, 0.4) is 0 Å². The summed E-state index contributed by atoms with van der Waals surface area (Å²) in [5, 5.41) is 11.9. The van der Waals surface area contributed by atoms with E-state index in [0.717, 1.165) is 11.8 Å². The number of carbonyl (C=O) groups excluding carboxylic acids is 1. The van der Waals surface area contributed by atoms with Gasteiger partial charge in [-0.1, -0.05) is 0 Å². The lowest BCUT2D eigenvalue weighted by Gasteiger charge is -2.10. The molecule has 3 N–H and O–H groups in total. The number of aromatic nitrogens is 3. The number of aromatic amines is 1. The van der Waals surface area contributed by atoms with E-state index in [1.165, 1.54) is 18.3 Å². The van der Waals surface area contributed by atoms with Gasteiger partial charge < -0.3 is 15.4 Å². The Morgan fingerprint density at radius 1 is 1.19 bits per heavy atom. The molecule has 0 bridgehead atoms. The minimum absolute atomic E-state index is 0.000752. The minimum atomic E-state index is -1.16. The Balaban J connectivity index is 1.78. The summed E-state index contributed by atoms with van der Waals surface area (Å²) >= 11 is 0. The summed E-state index contributed by atoms with van der Waals surface area (Å²) in [6.45, 7) is 0.563. The van der Waals surface area contributed by atoms with Crippen LogP contribution in [0.5, 0.6) is 0 Å². The van der Waals surface area contributed by atoms with E-state index in [2.05, 4.69) is 20.3 Å². The first-order valence-corrected chi connectivity index (χ1v) is 7.89. The first-order chi connectivity index (χ1) is 12.5. The van der Waals surface area contributed by atoms with Crippen molar-refractivity contribution in [1.29, 1.82) is 0 Å². The molecule has 4 rings (SSSR count). The molecule has 7 nitrogen and oxygen atoms in total. The maximum Gasteiger partial charge on any atom is 0.335 e. The third-order valence-corrected chi connectivity index (χ3v) is 4.19. The number of amides is 1. The summed E-state index contributed by atoms with van der Waals surface area (Å²) in [7, 11) is 0. The lowest BCUT2D eigenvalue weighted by atomic mass is 10.1. The highest BCUT2D eigenvalue weighted by Crippen LogP contribution is 2.26. The van der Waals surface area contributed by atoms with E-state index in [0.29, 0.717) is 29.9 Å². The highest BCUT2D eigenvalue weighted by molar-refractivity contribution is 5.97. The second-order valence-corrected chi connectivity index (χ2v) is 5.85. The number of hydrogen-bond acceptors (Lipinski definition) is 4. The number of carboxylic acid groups (broad SMARTS) is 1. The number of H-pyrrole nitrogens is 1. The summed E-state index contributed by atoms with van der Waals surface area (Å²) in [5.74, 6) is -1.86. The van der Waals surface area contributed by atoms with Crippen molar-refractivity contribution in [1.82, 2.24) is 20.3 Å². The number of hydrogen-bond donors (Lipinski definition) is 3. The van der Waals surface area contributed by atoms with E-state index in [1.807, 2.05) is 0 Å². The summed E-state index contributed by atoms with van der Waals surface area (Å²) in [5.41, 5.74) is 2.43. The van der Waals surface area contributed by atoms with Gasteiger partial charge in [0.25, 0.3) is 5.91 Å². The molecule has 2 aromatic heterocycles. The van der Waals surface area contributed by atoms with Crippen LogP contribution in [0, 0.1) is 5.82 Å². The van der Waals surface area contributed by atoms with E-state index in [-0.39, 0.29) is 22.9 Å². The molecule has 3 aromatic rings. The van der Waals surface area contributed by atoms with Gasteiger partial charge in [-0.15, -0.1) is 0 Å². The largest absolute Gasteiger partial charge is 0.478 e. The van der Waals surface area contributed by atoms with E-state index < -0.39 is 11.8 Å². The standard InChI is InChI=1S/C18H13FN4O3/c19-12-2-1-9(18(25)26)7-10(12)16-20-5-4-14(23-16)15-8-11-13(22-15)3-6-21-17(11)24/h1-2,4-5,7-8,22H,3,6H2,(H,21,24)(H,25,26). The van der Waals surface area contributed by atoms with Gasteiger partial charge >= 0.3 is 5.97 Å². The molecule has 0 fully saturated rings. The second kappa shape index (κ2) is 6.07. The van der Waals surface area contributed by atoms with E-state index in [4.69, 9.17) is 5.11 Å². The molecule has 8 heteroatoms. The Kier molecular flexibility index (Phi) is 3.72. The molecule has 1 aromatic carbocycles. The Bertz CT molecular complexity index is 1040. The zero-order chi connectivity index (χ0) is 18.3. The second-order valence-electron chi connectivity index (χ2n) is 5.85. The summed E-state index contributed by atoms with van der Waals surface area (Å²) in [6.07, 6.45) is 2.15. The molecule has 0 saturated heterocycles. The third kappa shape index (κ3) is 2.71. The molecule has 1 amide bonds. The SMILES string of the molecule is O=C(O)c1ccc(F)c(-c2nccc(-c3cc4c([nH]3)CCNC4=O)n2)c1. The number of halogens is 1.